The van der Waals surface area contributed by atoms with E-state index in [1.54, 1.807) is 66.7 Å². The summed E-state index contributed by atoms with van der Waals surface area (Å²) in [6, 6.07) is 20.7. The van der Waals surface area contributed by atoms with Gasteiger partial charge in [-0.1, -0.05) is 41.4 Å². The van der Waals surface area contributed by atoms with Crippen LogP contribution in [0.5, 0.6) is 5.75 Å². The number of para-hydroxylation sites is 1. The molecule has 1 heterocycles. The molecular formula is C26H20Cl2N2O4. The van der Waals surface area contributed by atoms with Crippen molar-refractivity contribution < 1.29 is 19.1 Å². The average molecular weight is 495 g/mol. The van der Waals surface area contributed by atoms with Gasteiger partial charge in [0.05, 0.1) is 28.4 Å². The monoisotopic (exact) mass is 494 g/mol. The molecule has 4 aromatic rings. The number of nitrogens with one attached hydrogen (secondary N) is 1. The van der Waals surface area contributed by atoms with Gasteiger partial charge in [0.25, 0.3) is 5.91 Å². The molecule has 4 rings (SSSR count). The number of hydrogen-bond acceptors (Lipinski definition) is 5. The summed E-state index contributed by atoms with van der Waals surface area (Å²) in [5, 5.41) is 4.20. The number of aromatic nitrogens is 1. The SMILES string of the molecule is CCOc1ccc(NC(=O)COC(=O)c2cc(-c3ccc(Cl)cc3Cl)nc3ccccc23)cc1. The first-order chi connectivity index (χ1) is 16.4. The van der Waals surface area contributed by atoms with Gasteiger partial charge in [-0.15, -0.1) is 0 Å². The van der Waals surface area contributed by atoms with Crippen molar-refractivity contribution >= 4 is 51.7 Å². The van der Waals surface area contributed by atoms with E-state index < -0.39 is 18.5 Å². The number of halogens is 2. The summed E-state index contributed by atoms with van der Waals surface area (Å²) in [5.74, 6) is -0.406. The average Bonchev–Trinajstić information content (AvgIpc) is 2.83. The lowest BCUT2D eigenvalue weighted by atomic mass is 10.0. The first-order valence-corrected chi connectivity index (χ1v) is 11.2. The maximum Gasteiger partial charge on any atom is 0.339 e. The predicted molar refractivity (Wildman–Crippen MR) is 134 cm³/mol. The zero-order valence-corrected chi connectivity index (χ0v) is 19.7. The van der Waals surface area contributed by atoms with Gasteiger partial charge in [0.15, 0.2) is 6.61 Å². The quantitative estimate of drug-likeness (QED) is 0.300. The molecule has 0 aliphatic carbocycles. The summed E-state index contributed by atoms with van der Waals surface area (Å²) in [5.41, 5.74) is 2.56. The molecule has 1 N–H and O–H groups in total. The van der Waals surface area contributed by atoms with Crippen LogP contribution in [0.25, 0.3) is 22.2 Å². The molecule has 0 radical (unpaired) electrons. The first kappa shape index (κ1) is 23.5. The van der Waals surface area contributed by atoms with Gasteiger partial charge in [-0.05, 0) is 61.5 Å². The van der Waals surface area contributed by atoms with E-state index in [1.165, 1.54) is 0 Å². The van der Waals surface area contributed by atoms with Crippen molar-refractivity contribution in [3.05, 3.63) is 88.4 Å². The van der Waals surface area contributed by atoms with Gasteiger partial charge in [-0.2, -0.15) is 0 Å². The van der Waals surface area contributed by atoms with Crippen molar-refractivity contribution in [3.8, 4) is 17.0 Å². The summed E-state index contributed by atoms with van der Waals surface area (Å²) in [6.45, 7) is 2.00. The number of fused-ring (bicyclic) bond motifs is 1. The van der Waals surface area contributed by atoms with E-state index in [-0.39, 0.29) is 5.56 Å². The molecule has 3 aromatic carbocycles. The summed E-state index contributed by atoms with van der Waals surface area (Å²) in [4.78, 5) is 29.9. The Morgan fingerprint density at radius 3 is 2.47 bits per heavy atom. The van der Waals surface area contributed by atoms with Crippen molar-refractivity contribution in [3.63, 3.8) is 0 Å². The van der Waals surface area contributed by atoms with Crippen LogP contribution in [-0.2, 0) is 9.53 Å². The second-order valence-corrected chi connectivity index (χ2v) is 8.12. The first-order valence-electron chi connectivity index (χ1n) is 10.5. The molecule has 0 saturated heterocycles. The van der Waals surface area contributed by atoms with Gasteiger partial charge in [-0.3, -0.25) is 4.79 Å². The van der Waals surface area contributed by atoms with E-state index in [0.29, 0.717) is 50.2 Å². The number of pyridine rings is 1. The third-order valence-corrected chi connectivity index (χ3v) is 5.47. The van der Waals surface area contributed by atoms with E-state index in [1.807, 2.05) is 13.0 Å². The molecular weight excluding hydrogens is 475 g/mol. The summed E-state index contributed by atoms with van der Waals surface area (Å²) in [7, 11) is 0. The Labute approximate surface area is 206 Å². The van der Waals surface area contributed by atoms with Crippen LogP contribution in [0.4, 0.5) is 5.69 Å². The van der Waals surface area contributed by atoms with Crippen molar-refractivity contribution in [2.24, 2.45) is 0 Å². The molecule has 0 aliphatic rings. The Morgan fingerprint density at radius 2 is 1.74 bits per heavy atom. The lowest BCUT2D eigenvalue weighted by Crippen LogP contribution is -2.21. The number of nitrogens with zero attached hydrogens (tertiary/aromatic N) is 1. The van der Waals surface area contributed by atoms with Crippen LogP contribution >= 0.6 is 23.2 Å². The summed E-state index contributed by atoms with van der Waals surface area (Å²) in [6.07, 6.45) is 0. The number of benzene rings is 3. The van der Waals surface area contributed by atoms with Crippen LogP contribution in [0.2, 0.25) is 10.0 Å². The Kier molecular flexibility index (Phi) is 7.30. The van der Waals surface area contributed by atoms with Crippen LogP contribution in [0.1, 0.15) is 17.3 Å². The maximum absolute atomic E-state index is 13.0. The standard InChI is InChI=1S/C26H20Cl2N2O4/c1-2-33-18-10-8-17(9-11-18)29-25(31)15-34-26(32)21-14-24(20-12-7-16(27)13-22(20)28)30-23-6-4-3-5-19(21)23/h3-14H,2,15H2,1H3,(H,29,31). The smallest absolute Gasteiger partial charge is 0.339 e. The number of carbonyl (C=O) groups is 2. The number of amides is 1. The number of anilines is 1. The van der Waals surface area contributed by atoms with Crippen LogP contribution in [0.3, 0.4) is 0 Å². The maximum atomic E-state index is 13.0. The van der Waals surface area contributed by atoms with Crippen molar-refractivity contribution in [1.82, 2.24) is 4.98 Å². The number of esters is 1. The summed E-state index contributed by atoms with van der Waals surface area (Å²) >= 11 is 12.4. The molecule has 0 bridgehead atoms. The van der Waals surface area contributed by atoms with E-state index in [0.717, 1.165) is 0 Å². The van der Waals surface area contributed by atoms with Crippen LogP contribution in [0, 0.1) is 0 Å². The van der Waals surface area contributed by atoms with Gasteiger partial charge < -0.3 is 14.8 Å². The molecule has 172 valence electrons. The predicted octanol–water partition coefficient (Wildman–Crippen LogP) is 6.40. The Hall–Kier alpha value is -3.61. The Balaban J connectivity index is 1.53. The highest BCUT2D eigenvalue weighted by atomic mass is 35.5. The number of rotatable bonds is 7. The van der Waals surface area contributed by atoms with Crippen LogP contribution in [0.15, 0.2) is 72.8 Å². The minimum absolute atomic E-state index is 0.278. The van der Waals surface area contributed by atoms with E-state index in [2.05, 4.69) is 10.3 Å². The van der Waals surface area contributed by atoms with Crippen molar-refractivity contribution in [2.45, 2.75) is 6.92 Å². The number of carbonyl (C=O) groups excluding carboxylic acids is 2. The molecule has 34 heavy (non-hydrogen) atoms. The second-order valence-electron chi connectivity index (χ2n) is 7.28. The minimum Gasteiger partial charge on any atom is -0.494 e. The molecule has 1 aromatic heterocycles. The zero-order chi connectivity index (χ0) is 24.1. The topological polar surface area (TPSA) is 77.5 Å². The molecule has 8 heteroatoms. The molecule has 6 nitrogen and oxygen atoms in total. The van der Waals surface area contributed by atoms with Gasteiger partial charge in [0.2, 0.25) is 0 Å². The van der Waals surface area contributed by atoms with E-state index in [4.69, 9.17) is 32.7 Å². The highest BCUT2D eigenvalue weighted by Gasteiger charge is 2.18. The lowest BCUT2D eigenvalue weighted by Gasteiger charge is -2.11. The minimum atomic E-state index is -0.647. The van der Waals surface area contributed by atoms with Crippen molar-refractivity contribution in [2.75, 3.05) is 18.5 Å². The van der Waals surface area contributed by atoms with Gasteiger partial charge in [0.1, 0.15) is 5.75 Å². The van der Waals surface area contributed by atoms with Crippen molar-refractivity contribution in [1.29, 1.82) is 0 Å². The molecule has 0 saturated carbocycles. The Morgan fingerprint density at radius 1 is 0.971 bits per heavy atom. The van der Waals surface area contributed by atoms with E-state index in [9.17, 15) is 9.59 Å². The molecule has 0 aliphatic heterocycles. The highest BCUT2D eigenvalue weighted by molar-refractivity contribution is 6.36. The van der Waals surface area contributed by atoms with E-state index >= 15 is 0 Å². The largest absolute Gasteiger partial charge is 0.494 e. The van der Waals surface area contributed by atoms with Gasteiger partial charge in [-0.25, -0.2) is 9.78 Å². The third-order valence-electron chi connectivity index (χ3n) is 4.93. The summed E-state index contributed by atoms with van der Waals surface area (Å²) < 4.78 is 10.7. The molecule has 1 amide bonds. The molecule has 0 atom stereocenters. The fourth-order valence-corrected chi connectivity index (χ4v) is 3.89. The lowest BCUT2D eigenvalue weighted by molar-refractivity contribution is -0.119. The highest BCUT2D eigenvalue weighted by Crippen LogP contribution is 2.32. The molecule has 0 fully saturated rings. The van der Waals surface area contributed by atoms with Crippen LogP contribution in [-0.4, -0.2) is 30.1 Å². The number of hydrogen-bond donors (Lipinski definition) is 1. The zero-order valence-electron chi connectivity index (χ0n) is 18.2. The van der Waals surface area contributed by atoms with Gasteiger partial charge in [0, 0.05) is 21.7 Å². The van der Waals surface area contributed by atoms with Gasteiger partial charge >= 0.3 is 5.97 Å². The Bertz CT molecular complexity index is 1360. The molecule has 0 spiro atoms. The molecule has 0 unspecified atom stereocenters. The second kappa shape index (κ2) is 10.5. The third kappa shape index (κ3) is 5.47. The fraction of sp³-hybridized carbons (Fsp3) is 0.115. The normalized spacial score (nSPS) is 10.7. The number of ether oxygens (including phenoxy) is 2. The fourth-order valence-electron chi connectivity index (χ4n) is 3.39. The van der Waals surface area contributed by atoms with Crippen LogP contribution < -0.4 is 10.1 Å².